The Balaban J connectivity index is 1.32. The van der Waals surface area contributed by atoms with Gasteiger partial charge in [0.15, 0.2) is 15.7 Å². The Morgan fingerprint density at radius 2 is 1.58 bits per heavy atom. The van der Waals surface area contributed by atoms with Gasteiger partial charge in [-0.1, -0.05) is 12.1 Å². The molecule has 2 aromatic heterocycles. The van der Waals surface area contributed by atoms with Gasteiger partial charge in [0.05, 0.1) is 22.3 Å². The maximum atomic E-state index is 12.8. The number of aromatic nitrogens is 3. The van der Waals surface area contributed by atoms with E-state index in [1.165, 1.54) is 0 Å². The summed E-state index contributed by atoms with van der Waals surface area (Å²) in [6.45, 7) is 5.89. The van der Waals surface area contributed by atoms with Crippen molar-refractivity contribution in [1.82, 2.24) is 20.1 Å². The van der Waals surface area contributed by atoms with Crippen LogP contribution in [0.15, 0.2) is 65.8 Å². The van der Waals surface area contributed by atoms with Gasteiger partial charge in [0, 0.05) is 44.1 Å². The van der Waals surface area contributed by atoms with E-state index in [1.54, 1.807) is 50.5 Å². The Kier molecular flexibility index (Phi) is 6.69. The number of amides is 1. The number of nitrogens with zero attached hydrogens (tertiary/aromatic N) is 5. The number of piperazine rings is 1. The van der Waals surface area contributed by atoms with Crippen molar-refractivity contribution in [2.75, 3.05) is 31.1 Å². The molecule has 33 heavy (non-hydrogen) atoms. The number of benzene rings is 1. The molecule has 1 aliphatic rings. The van der Waals surface area contributed by atoms with Crippen LogP contribution in [0.1, 0.15) is 19.4 Å². The molecule has 0 bridgehead atoms. The molecular weight excluding hydrogens is 438 g/mol. The molecule has 1 amide bonds. The molecule has 3 aromatic rings. The van der Waals surface area contributed by atoms with Crippen molar-refractivity contribution in [2.45, 2.75) is 30.4 Å². The molecule has 1 fully saturated rings. The molecule has 1 aliphatic heterocycles. The predicted octanol–water partition coefficient (Wildman–Crippen LogP) is 2.61. The van der Waals surface area contributed by atoms with Crippen LogP contribution in [-0.2, 0) is 21.1 Å². The molecule has 0 spiro atoms. The SMILES string of the molecule is CC(C)S(=O)(=O)c1ccc(CC(=O)N2CCN(c3ccc(-c4ccncc4)nn3)CC2)cc1. The zero-order chi connectivity index (χ0) is 23.4. The van der Waals surface area contributed by atoms with Gasteiger partial charge in [0.1, 0.15) is 0 Å². The van der Waals surface area contributed by atoms with Crippen LogP contribution in [0.3, 0.4) is 0 Å². The highest BCUT2D eigenvalue weighted by Gasteiger charge is 2.23. The smallest absolute Gasteiger partial charge is 0.227 e. The molecule has 0 unspecified atom stereocenters. The van der Waals surface area contributed by atoms with E-state index in [-0.39, 0.29) is 12.3 Å². The first-order valence-corrected chi connectivity index (χ1v) is 12.5. The minimum Gasteiger partial charge on any atom is -0.352 e. The van der Waals surface area contributed by atoms with E-state index in [1.807, 2.05) is 29.2 Å². The van der Waals surface area contributed by atoms with Gasteiger partial charge >= 0.3 is 0 Å². The van der Waals surface area contributed by atoms with E-state index in [2.05, 4.69) is 20.1 Å². The summed E-state index contributed by atoms with van der Waals surface area (Å²) in [5, 5.41) is 8.21. The van der Waals surface area contributed by atoms with Crippen molar-refractivity contribution in [3.05, 3.63) is 66.5 Å². The lowest BCUT2D eigenvalue weighted by Crippen LogP contribution is -2.49. The summed E-state index contributed by atoms with van der Waals surface area (Å²) in [5.41, 5.74) is 2.57. The summed E-state index contributed by atoms with van der Waals surface area (Å²) in [4.78, 5) is 21.0. The van der Waals surface area contributed by atoms with Crippen molar-refractivity contribution < 1.29 is 13.2 Å². The van der Waals surface area contributed by atoms with Gasteiger partial charge < -0.3 is 9.80 Å². The lowest BCUT2D eigenvalue weighted by molar-refractivity contribution is -0.130. The summed E-state index contributed by atoms with van der Waals surface area (Å²) in [6.07, 6.45) is 3.70. The van der Waals surface area contributed by atoms with Crippen LogP contribution < -0.4 is 4.90 Å². The van der Waals surface area contributed by atoms with E-state index < -0.39 is 15.1 Å². The Morgan fingerprint density at radius 1 is 0.909 bits per heavy atom. The topological polar surface area (TPSA) is 96.4 Å². The summed E-state index contributed by atoms with van der Waals surface area (Å²) in [5.74, 6) is 0.829. The van der Waals surface area contributed by atoms with Gasteiger partial charge in [0.2, 0.25) is 5.91 Å². The summed E-state index contributed by atoms with van der Waals surface area (Å²) in [7, 11) is -3.31. The number of sulfone groups is 1. The highest BCUT2D eigenvalue weighted by Crippen LogP contribution is 2.20. The number of carbonyl (C=O) groups excluding carboxylic acids is 1. The van der Waals surface area contributed by atoms with Crippen molar-refractivity contribution in [2.24, 2.45) is 0 Å². The van der Waals surface area contributed by atoms with Gasteiger partial charge in [-0.15, -0.1) is 10.2 Å². The minimum absolute atomic E-state index is 0.0354. The predicted molar refractivity (Wildman–Crippen MR) is 127 cm³/mol. The summed E-state index contributed by atoms with van der Waals surface area (Å²) in [6, 6.07) is 14.3. The third-order valence-electron chi connectivity index (χ3n) is 5.81. The normalized spacial score (nSPS) is 14.5. The molecule has 1 saturated heterocycles. The molecule has 1 aromatic carbocycles. The minimum atomic E-state index is -3.31. The lowest BCUT2D eigenvalue weighted by Gasteiger charge is -2.35. The molecule has 0 radical (unpaired) electrons. The Morgan fingerprint density at radius 3 is 2.15 bits per heavy atom. The van der Waals surface area contributed by atoms with Gasteiger partial charge in [-0.2, -0.15) is 0 Å². The second kappa shape index (κ2) is 9.66. The standard InChI is InChI=1S/C24H27N5O3S/c1-18(2)33(31,32)21-5-3-19(4-6-21)17-24(30)29-15-13-28(14-16-29)23-8-7-22(26-27-23)20-9-11-25-12-10-20/h3-12,18H,13-17H2,1-2H3. The summed E-state index contributed by atoms with van der Waals surface area (Å²) < 4.78 is 24.5. The van der Waals surface area contributed by atoms with E-state index in [4.69, 9.17) is 0 Å². The third-order valence-corrected chi connectivity index (χ3v) is 7.98. The quantitative estimate of drug-likeness (QED) is 0.552. The van der Waals surface area contributed by atoms with Crippen molar-refractivity contribution >= 4 is 21.6 Å². The van der Waals surface area contributed by atoms with Crippen LogP contribution in [0.4, 0.5) is 5.82 Å². The fourth-order valence-electron chi connectivity index (χ4n) is 3.71. The monoisotopic (exact) mass is 465 g/mol. The third kappa shape index (κ3) is 5.19. The number of pyridine rings is 1. The zero-order valence-corrected chi connectivity index (χ0v) is 19.6. The van der Waals surface area contributed by atoms with Crippen LogP contribution in [0.5, 0.6) is 0 Å². The van der Waals surface area contributed by atoms with Crippen LogP contribution in [0, 0.1) is 0 Å². The second-order valence-corrected chi connectivity index (χ2v) is 10.8. The molecular formula is C24H27N5O3S. The average molecular weight is 466 g/mol. The lowest BCUT2D eigenvalue weighted by atomic mass is 10.1. The van der Waals surface area contributed by atoms with E-state index >= 15 is 0 Å². The molecule has 0 N–H and O–H groups in total. The van der Waals surface area contributed by atoms with Gasteiger partial charge in [-0.25, -0.2) is 8.42 Å². The largest absolute Gasteiger partial charge is 0.352 e. The van der Waals surface area contributed by atoms with Crippen molar-refractivity contribution in [3.8, 4) is 11.3 Å². The van der Waals surface area contributed by atoms with E-state index in [0.29, 0.717) is 31.1 Å². The zero-order valence-electron chi connectivity index (χ0n) is 18.8. The average Bonchev–Trinajstić information content (AvgIpc) is 2.85. The first-order valence-electron chi connectivity index (χ1n) is 10.9. The maximum absolute atomic E-state index is 12.8. The first-order chi connectivity index (χ1) is 15.8. The number of hydrogen-bond donors (Lipinski definition) is 0. The van der Waals surface area contributed by atoms with Gasteiger partial charge in [-0.3, -0.25) is 9.78 Å². The first kappa shape index (κ1) is 22.8. The van der Waals surface area contributed by atoms with Crippen LogP contribution in [-0.4, -0.2) is 65.8 Å². The highest BCUT2D eigenvalue weighted by molar-refractivity contribution is 7.92. The molecule has 0 saturated carbocycles. The van der Waals surface area contributed by atoms with Crippen LogP contribution in [0.2, 0.25) is 0 Å². The number of hydrogen-bond acceptors (Lipinski definition) is 7. The van der Waals surface area contributed by atoms with Crippen LogP contribution in [0.25, 0.3) is 11.3 Å². The number of rotatable bonds is 6. The molecule has 9 heteroatoms. The maximum Gasteiger partial charge on any atom is 0.227 e. The van der Waals surface area contributed by atoms with E-state index in [9.17, 15) is 13.2 Å². The summed E-state index contributed by atoms with van der Waals surface area (Å²) >= 11 is 0. The molecule has 172 valence electrons. The Bertz CT molecular complexity index is 1190. The fraction of sp³-hybridized carbons (Fsp3) is 0.333. The van der Waals surface area contributed by atoms with Gasteiger partial charge in [-0.05, 0) is 55.8 Å². The molecule has 8 nitrogen and oxygen atoms in total. The van der Waals surface area contributed by atoms with Crippen molar-refractivity contribution in [1.29, 1.82) is 0 Å². The molecule has 4 rings (SSSR count). The number of carbonyl (C=O) groups is 1. The Labute approximate surface area is 194 Å². The molecule has 3 heterocycles. The molecule has 0 aliphatic carbocycles. The molecule has 0 atom stereocenters. The Hall–Kier alpha value is -3.33. The van der Waals surface area contributed by atoms with Gasteiger partial charge in [0.25, 0.3) is 0 Å². The van der Waals surface area contributed by atoms with E-state index in [0.717, 1.165) is 22.6 Å². The fourth-order valence-corrected chi connectivity index (χ4v) is 4.77. The van der Waals surface area contributed by atoms with Crippen LogP contribution >= 0.6 is 0 Å². The second-order valence-electron chi connectivity index (χ2n) is 8.29. The van der Waals surface area contributed by atoms with Crippen molar-refractivity contribution in [3.63, 3.8) is 0 Å². The highest BCUT2D eigenvalue weighted by atomic mass is 32.2. The number of anilines is 1.